The van der Waals surface area contributed by atoms with Crippen molar-refractivity contribution < 1.29 is 9.31 Å². The molecule has 0 unspecified atom stereocenters. The molecule has 0 N–H and O–H groups in total. The number of benzene rings is 1. The van der Waals surface area contributed by atoms with Crippen molar-refractivity contribution in [1.29, 1.82) is 0 Å². The second-order valence-corrected chi connectivity index (χ2v) is 5.99. The van der Waals surface area contributed by atoms with E-state index in [9.17, 15) is 14.5 Å². The third-order valence-corrected chi connectivity index (χ3v) is 3.98. The van der Waals surface area contributed by atoms with E-state index in [-0.39, 0.29) is 0 Å². The molecule has 5 nitrogen and oxygen atoms in total. The average molecular weight is 295 g/mol. The number of hydrogen-bond donors (Lipinski definition) is 0. The molecule has 6 heteroatoms. The third-order valence-electron chi connectivity index (χ3n) is 3.98. The van der Waals surface area contributed by atoms with Crippen LogP contribution in [0.4, 0.5) is 10.1 Å². The van der Waals surface area contributed by atoms with Crippen LogP contribution in [0.3, 0.4) is 0 Å². The first-order valence-electron chi connectivity index (χ1n) is 7.26. The highest BCUT2D eigenvalue weighted by Crippen LogP contribution is 2.24. The van der Waals surface area contributed by atoms with Crippen molar-refractivity contribution in [2.45, 2.75) is 19.4 Å². The highest BCUT2D eigenvalue weighted by Gasteiger charge is 2.22. The largest absolute Gasteiger partial charge is 0.309 e. The van der Waals surface area contributed by atoms with E-state index in [0.29, 0.717) is 18.0 Å². The van der Waals surface area contributed by atoms with Gasteiger partial charge in [-0.15, -0.1) is 0 Å². The monoisotopic (exact) mass is 295 g/mol. The molecular weight excluding hydrogens is 273 g/mol. The summed E-state index contributed by atoms with van der Waals surface area (Å²) < 4.78 is 14.1. The predicted molar refractivity (Wildman–Crippen MR) is 79.6 cm³/mol. The van der Waals surface area contributed by atoms with Gasteiger partial charge < -0.3 is 4.90 Å². The second-order valence-electron chi connectivity index (χ2n) is 5.99. The number of piperidine rings is 1. The summed E-state index contributed by atoms with van der Waals surface area (Å²) >= 11 is 0. The van der Waals surface area contributed by atoms with Gasteiger partial charge in [0.15, 0.2) is 0 Å². The maximum Gasteiger partial charge on any atom is 0.305 e. The Morgan fingerprint density at radius 1 is 1.38 bits per heavy atom. The highest BCUT2D eigenvalue weighted by molar-refractivity contribution is 5.36. The third kappa shape index (κ3) is 4.22. The highest BCUT2D eigenvalue weighted by atomic mass is 19.1. The zero-order valence-corrected chi connectivity index (χ0v) is 12.6. The average Bonchev–Trinajstić information content (AvgIpc) is 2.42. The predicted octanol–water partition coefficient (Wildman–Crippen LogP) is 2.51. The summed E-state index contributed by atoms with van der Waals surface area (Å²) in [5.41, 5.74) is -0.0229. The summed E-state index contributed by atoms with van der Waals surface area (Å²) in [6.45, 7) is 3.36. The van der Waals surface area contributed by atoms with Crippen LogP contribution in [0, 0.1) is 21.8 Å². The lowest BCUT2D eigenvalue weighted by Gasteiger charge is -2.33. The van der Waals surface area contributed by atoms with E-state index < -0.39 is 16.4 Å². The molecule has 0 radical (unpaired) electrons. The quantitative estimate of drug-likeness (QED) is 0.618. The molecule has 0 bridgehead atoms. The van der Waals surface area contributed by atoms with Gasteiger partial charge in [0, 0.05) is 24.7 Å². The summed E-state index contributed by atoms with van der Waals surface area (Å²) in [5, 5.41) is 10.8. The Labute approximate surface area is 124 Å². The first kappa shape index (κ1) is 15.9. The number of nitro groups is 1. The Kier molecular flexibility index (Phi) is 5.25. The molecular formula is C15H22FN3O2. The van der Waals surface area contributed by atoms with Gasteiger partial charge in [-0.2, -0.15) is 4.39 Å². The number of likely N-dealkylation sites (tertiary alicyclic amines) is 1. The van der Waals surface area contributed by atoms with Gasteiger partial charge in [-0.05, 0) is 45.9 Å². The fraction of sp³-hybridized carbons (Fsp3) is 0.600. The van der Waals surface area contributed by atoms with Crippen LogP contribution >= 0.6 is 0 Å². The standard InChI is InChI=1S/C15H22FN3O2/c1-17(2)10-12-6-8-18(9-7-12)11-13-4-3-5-14(15(13)16)19(20)21/h3-5,12H,6-11H2,1-2H3. The molecule has 0 amide bonds. The van der Waals surface area contributed by atoms with E-state index in [4.69, 9.17) is 0 Å². The van der Waals surface area contributed by atoms with Crippen molar-refractivity contribution in [3.8, 4) is 0 Å². The lowest BCUT2D eigenvalue weighted by atomic mass is 9.96. The fourth-order valence-electron chi connectivity index (χ4n) is 2.91. The van der Waals surface area contributed by atoms with Gasteiger partial charge in [0.1, 0.15) is 0 Å². The smallest absolute Gasteiger partial charge is 0.305 e. The topological polar surface area (TPSA) is 49.6 Å². The Bertz CT molecular complexity index is 500. The summed E-state index contributed by atoms with van der Waals surface area (Å²) in [6, 6.07) is 4.39. The van der Waals surface area contributed by atoms with Gasteiger partial charge in [-0.3, -0.25) is 15.0 Å². The van der Waals surface area contributed by atoms with E-state index >= 15 is 0 Å². The summed E-state index contributed by atoms with van der Waals surface area (Å²) in [4.78, 5) is 14.5. The van der Waals surface area contributed by atoms with Crippen molar-refractivity contribution >= 4 is 5.69 Å². The van der Waals surface area contributed by atoms with Crippen molar-refractivity contribution in [1.82, 2.24) is 9.80 Å². The van der Waals surface area contributed by atoms with Gasteiger partial charge >= 0.3 is 5.69 Å². The Morgan fingerprint density at radius 2 is 2.05 bits per heavy atom. The van der Waals surface area contributed by atoms with Crippen molar-refractivity contribution in [2.75, 3.05) is 33.7 Å². The van der Waals surface area contributed by atoms with Gasteiger partial charge in [0.05, 0.1) is 4.92 Å². The molecule has 1 aliphatic heterocycles. The van der Waals surface area contributed by atoms with Gasteiger partial charge in [-0.25, -0.2) is 0 Å². The molecule has 1 fully saturated rings. The first-order valence-corrected chi connectivity index (χ1v) is 7.26. The maximum absolute atomic E-state index is 14.1. The van der Waals surface area contributed by atoms with Crippen molar-refractivity contribution in [2.24, 2.45) is 5.92 Å². The molecule has 21 heavy (non-hydrogen) atoms. The summed E-state index contributed by atoms with van der Waals surface area (Å²) in [5.74, 6) is -0.0101. The van der Waals surface area contributed by atoms with Crippen LogP contribution in [0.25, 0.3) is 0 Å². The van der Waals surface area contributed by atoms with Crippen LogP contribution < -0.4 is 0 Å². The molecule has 0 aliphatic carbocycles. The molecule has 1 aliphatic rings. The fourth-order valence-corrected chi connectivity index (χ4v) is 2.91. The maximum atomic E-state index is 14.1. The molecule has 0 aromatic heterocycles. The van der Waals surface area contributed by atoms with E-state index in [1.54, 1.807) is 12.1 Å². The number of halogens is 1. The molecule has 1 heterocycles. The molecule has 1 aromatic rings. The van der Waals surface area contributed by atoms with Crippen LogP contribution in [0.5, 0.6) is 0 Å². The zero-order chi connectivity index (χ0) is 15.4. The second kappa shape index (κ2) is 6.95. The Balaban J connectivity index is 1.95. The number of nitro benzene ring substituents is 1. The molecule has 0 saturated carbocycles. The minimum absolute atomic E-state index is 0.412. The van der Waals surface area contributed by atoms with Crippen LogP contribution in [0.2, 0.25) is 0 Å². The van der Waals surface area contributed by atoms with Crippen LogP contribution in [-0.2, 0) is 6.54 Å². The van der Waals surface area contributed by atoms with Gasteiger partial charge in [0.2, 0.25) is 5.82 Å². The molecule has 1 aromatic carbocycles. The molecule has 2 rings (SSSR count). The lowest BCUT2D eigenvalue weighted by Crippen LogP contribution is -2.36. The molecule has 1 saturated heterocycles. The van der Waals surface area contributed by atoms with Crippen LogP contribution in [0.1, 0.15) is 18.4 Å². The Hall–Kier alpha value is -1.53. The summed E-state index contributed by atoms with van der Waals surface area (Å²) in [6.07, 6.45) is 2.18. The van der Waals surface area contributed by atoms with Gasteiger partial charge in [-0.1, -0.05) is 12.1 Å². The number of rotatable bonds is 5. The SMILES string of the molecule is CN(C)CC1CCN(Cc2cccc([N+](=O)[O-])c2F)CC1. The van der Waals surface area contributed by atoms with Gasteiger partial charge in [0.25, 0.3) is 0 Å². The van der Waals surface area contributed by atoms with Crippen LogP contribution in [0.15, 0.2) is 18.2 Å². The summed E-state index contributed by atoms with van der Waals surface area (Å²) in [7, 11) is 4.15. The molecule has 0 spiro atoms. The van der Waals surface area contributed by atoms with E-state index in [1.165, 1.54) is 6.07 Å². The van der Waals surface area contributed by atoms with E-state index in [1.807, 2.05) is 0 Å². The molecule has 0 atom stereocenters. The molecule has 116 valence electrons. The van der Waals surface area contributed by atoms with Crippen LogP contribution in [-0.4, -0.2) is 48.5 Å². The number of nitrogens with zero attached hydrogens (tertiary/aromatic N) is 3. The lowest BCUT2D eigenvalue weighted by molar-refractivity contribution is -0.387. The number of hydrogen-bond acceptors (Lipinski definition) is 4. The normalized spacial score (nSPS) is 17.3. The minimum Gasteiger partial charge on any atom is -0.309 e. The zero-order valence-electron chi connectivity index (χ0n) is 12.6. The van der Waals surface area contributed by atoms with Crippen molar-refractivity contribution in [3.05, 3.63) is 39.7 Å². The van der Waals surface area contributed by atoms with Crippen molar-refractivity contribution in [3.63, 3.8) is 0 Å². The van der Waals surface area contributed by atoms with E-state index in [2.05, 4.69) is 23.9 Å². The Morgan fingerprint density at radius 3 is 2.62 bits per heavy atom. The van der Waals surface area contributed by atoms with E-state index in [0.717, 1.165) is 32.5 Å². The first-order chi connectivity index (χ1) is 9.97. The minimum atomic E-state index is -0.696.